The van der Waals surface area contributed by atoms with Crippen LogP contribution in [0.15, 0.2) is 18.2 Å². The fraction of sp³-hybridized carbons (Fsp3) is 0.412. The second-order valence-corrected chi connectivity index (χ2v) is 6.32. The van der Waals surface area contributed by atoms with E-state index in [0.717, 1.165) is 10.5 Å². The van der Waals surface area contributed by atoms with Crippen molar-refractivity contribution in [2.75, 3.05) is 13.2 Å². The summed E-state index contributed by atoms with van der Waals surface area (Å²) in [5.41, 5.74) is 6.73. The quantitative estimate of drug-likeness (QED) is 0.452. The van der Waals surface area contributed by atoms with Gasteiger partial charge in [-0.1, -0.05) is 6.07 Å². The van der Waals surface area contributed by atoms with Crippen molar-refractivity contribution >= 4 is 23.6 Å². The number of piperidine rings is 1. The average molecular weight is 360 g/mol. The van der Waals surface area contributed by atoms with E-state index in [2.05, 4.69) is 10.6 Å². The first-order valence-corrected chi connectivity index (χ1v) is 8.35. The van der Waals surface area contributed by atoms with Gasteiger partial charge in [-0.15, -0.1) is 0 Å². The van der Waals surface area contributed by atoms with Crippen molar-refractivity contribution in [1.29, 1.82) is 0 Å². The maximum absolute atomic E-state index is 12.7. The van der Waals surface area contributed by atoms with E-state index in [0.29, 0.717) is 6.54 Å². The molecule has 0 saturated carbocycles. The summed E-state index contributed by atoms with van der Waals surface area (Å²) in [5.74, 6) is -2.12. The first-order valence-electron chi connectivity index (χ1n) is 8.35. The predicted molar refractivity (Wildman–Crippen MR) is 89.9 cm³/mol. The van der Waals surface area contributed by atoms with Crippen LogP contribution in [0.3, 0.4) is 0 Å². The summed E-state index contributed by atoms with van der Waals surface area (Å²) in [5, 5.41) is 14.4. The Kier molecular flexibility index (Phi) is 5.12. The van der Waals surface area contributed by atoms with Crippen LogP contribution in [0.2, 0.25) is 0 Å². The number of imide groups is 2. The van der Waals surface area contributed by atoms with Gasteiger partial charge in [0.1, 0.15) is 6.04 Å². The number of nitrogens with one attached hydrogen (secondary N) is 2. The third kappa shape index (κ3) is 3.24. The minimum atomic E-state index is -0.974. The van der Waals surface area contributed by atoms with Gasteiger partial charge in [-0.2, -0.15) is 0 Å². The van der Waals surface area contributed by atoms with Crippen LogP contribution in [0.5, 0.6) is 0 Å². The molecule has 2 aliphatic rings. The van der Waals surface area contributed by atoms with Gasteiger partial charge in [0.05, 0.1) is 17.7 Å². The molecular weight excluding hydrogens is 340 g/mol. The minimum Gasteiger partial charge on any atom is -0.395 e. The molecule has 2 atom stereocenters. The number of aliphatic hydroxyl groups excluding tert-OH is 1. The van der Waals surface area contributed by atoms with E-state index in [-0.39, 0.29) is 43.2 Å². The van der Waals surface area contributed by atoms with Gasteiger partial charge in [0.25, 0.3) is 11.8 Å². The number of rotatable bonds is 6. The maximum atomic E-state index is 12.7. The van der Waals surface area contributed by atoms with Crippen LogP contribution < -0.4 is 16.4 Å². The number of hydrogen-bond donors (Lipinski definition) is 4. The Balaban J connectivity index is 1.79. The molecule has 0 radical (unpaired) electrons. The number of carbonyl (C=O) groups is 4. The number of fused-ring (bicyclic) bond motifs is 1. The first kappa shape index (κ1) is 18.2. The van der Waals surface area contributed by atoms with Gasteiger partial charge in [0, 0.05) is 25.6 Å². The smallest absolute Gasteiger partial charge is 0.262 e. The van der Waals surface area contributed by atoms with Crippen LogP contribution in [0, 0.1) is 0 Å². The van der Waals surface area contributed by atoms with Crippen LogP contribution in [0.4, 0.5) is 0 Å². The summed E-state index contributed by atoms with van der Waals surface area (Å²) >= 11 is 0. The van der Waals surface area contributed by atoms with Crippen molar-refractivity contribution in [1.82, 2.24) is 15.5 Å². The second-order valence-electron chi connectivity index (χ2n) is 6.32. The van der Waals surface area contributed by atoms with Crippen molar-refractivity contribution in [3.63, 3.8) is 0 Å². The van der Waals surface area contributed by atoms with Gasteiger partial charge in [0.15, 0.2) is 0 Å². The van der Waals surface area contributed by atoms with Crippen LogP contribution in [-0.4, -0.2) is 58.9 Å². The van der Waals surface area contributed by atoms with Crippen LogP contribution in [0.25, 0.3) is 0 Å². The zero-order valence-corrected chi connectivity index (χ0v) is 14.0. The van der Waals surface area contributed by atoms with Crippen LogP contribution in [0.1, 0.15) is 39.1 Å². The molecule has 9 nitrogen and oxygen atoms in total. The molecule has 1 fully saturated rings. The number of aliphatic hydroxyl groups is 1. The Bertz CT molecular complexity index is 774. The molecule has 0 spiro atoms. The van der Waals surface area contributed by atoms with Crippen LogP contribution in [-0.2, 0) is 16.1 Å². The number of nitrogens with two attached hydrogens (primary N) is 1. The molecule has 1 unspecified atom stereocenters. The molecule has 0 aromatic heterocycles. The van der Waals surface area contributed by atoms with Gasteiger partial charge in [-0.3, -0.25) is 29.4 Å². The van der Waals surface area contributed by atoms with Gasteiger partial charge in [-0.05, 0) is 24.1 Å². The molecule has 0 aliphatic carbocycles. The Labute approximate surface area is 149 Å². The number of hydrogen-bond acceptors (Lipinski definition) is 7. The number of carbonyl (C=O) groups excluding carboxylic acids is 4. The summed E-state index contributed by atoms with van der Waals surface area (Å²) in [4.78, 5) is 49.5. The molecule has 26 heavy (non-hydrogen) atoms. The highest BCUT2D eigenvalue weighted by atomic mass is 16.3. The van der Waals surface area contributed by atoms with Gasteiger partial charge in [0.2, 0.25) is 11.8 Å². The highest BCUT2D eigenvalue weighted by molar-refractivity contribution is 6.23. The topological polar surface area (TPSA) is 142 Å². The van der Waals surface area contributed by atoms with E-state index < -0.39 is 29.7 Å². The van der Waals surface area contributed by atoms with E-state index in [1.54, 1.807) is 18.2 Å². The Morgan fingerprint density at radius 3 is 2.62 bits per heavy atom. The highest BCUT2D eigenvalue weighted by Gasteiger charge is 2.44. The van der Waals surface area contributed by atoms with Crippen LogP contribution >= 0.6 is 0 Å². The van der Waals surface area contributed by atoms with E-state index in [1.165, 1.54) is 0 Å². The predicted octanol–water partition coefficient (Wildman–Crippen LogP) is -1.50. The minimum absolute atomic E-state index is 0.0839. The van der Waals surface area contributed by atoms with Crippen molar-refractivity contribution in [2.24, 2.45) is 5.73 Å². The molecule has 2 heterocycles. The summed E-state index contributed by atoms with van der Waals surface area (Å²) < 4.78 is 0. The third-order valence-corrected chi connectivity index (χ3v) is 4.60. The Morgan fingerprint density at radius 2 is 1.96 bits per heavy atom. The van der Waals surface area contributed by atoms with Crippen molar-refractivity contribution in [2.45, 2.75) is 31.5 Å². The first-order chi connectivity index (χ1) is 12.5. The molecule has 1 aromatic rings. The van der Waals surface area contributed by atoms with Gasteiger partial charge >= 0.3 is 0 Å². The fourth-order valence-corrected chi connectivity index (χ4v) is 3.11. The summed E-state index contributed by atoms with van der Waals surface area (Å²) in [7, 11) is 0. The lowest BCUT2D eigenvalue weighted by atomic mass is 10.0. The lowest BCUT2D eigenvalue weighted by molar-refractivity contribution is -0.136. The normalized spacial score (nSPS) is 21.0. The van der Waals surface area contributed by atoms with Crippen molar-refractivity contribution in [3.8, 4) is 0 Å². The van der Waals surface area contributed by atoms with E-state index in [4.69, 9.17) is 10.8 Å². The highest BCUT2D eigenvalue weighted by Crippen LogP contribution is 2.28. The monoisotopic (exact) mass is 360 g/mol. The number of nitrogens with zero attached hydrogens (tertiary/aromatic N) is 1. The molecular formula is C17H20N4O5. The lowest BCUT2D eigenvalue weighted by Gasteiger charge is -2.27. The SMILES string of the molecule is NC[C@@H](CO)NCc1ccc2c(c1)C(=O)N(C1CCC(=O)NC1=O)C2=O. The third-order valence-electron chi connectivity index (χ3n) is 4.60. The van der Waals surface area contributed by atoms with E-state index >= 15 is 0 Å². The molecule has 5 N–H and O–H groups in total. The van der Waals surface area contributed by atoms with E-state index in [1.807, 2.05) is 0 Å². The molecule has 0 bridgehead atoms. The Hall–Kier alpha value is -2.62. The molecule has 2 aliphatic heterocycles. The average Bonchev–Trinajstić information content (AvgIpc) is 2.87. The summed E-state index contributed by atoms with van der Waals surface area (Å²) in [6, 6.07) is 3.61. The van der Waals surface area contributed by atoms with Crippen molar-refractivity contribution in [3.05, 3.63) is 34.9 Å². The molecule has 3 rings (SSSR count). The number of amides is 4. The standard InChI is InChI=1S/C17H20N4O5/c18-6-10(8-22)19-7-9-1-2-11-12(5-9)17(26)21(16(11)25)13-3-4-14(23)20-15(13)24/h1-2,5,10,13,19,22H,3-4,6-8,18H2,(H,20,23,24)/t10-,13?/m0/s1. The molecule has 1 saturated heterocycles. The zero-order valence-electron chi connectivity index (χ0n) is 14.0. The maximum Gasteiger partial charge on any atom is 0.262 e. The molecule has 4 amide bonds. The summed E-state index contributed by atoms with van der Waals surface area (Å²) in [6.07, 6.45) is 0.208. The largest absolute Gasteiger partial charge is 0.395 e. The Morgan fingerprint density at radius 1 is 1.23 bits per heavy atom. The van der Waals surface area contributed by atoms with Gasteiger partial charge < -0.3 is 16.2 Å². The molecule has 9 heteroatoms. The number of benzene rings is 1. The van der Waals surface area contributed by atoms with Gasteiger partial charge in [-0.25, -0.2) is 0 Å². The lowest BCUT2D eigenvalue weighted by Crippen LogP contribution is -2.54. The molecule has 1 aromatic carbocycles. The summed E-state index contributed by atoms with van der Waals surface area (Å²) in [6.45, 7) is 0.528. The zero-order chi connectivity index (χ0) is 18.8. The van der Waals surface area contributed by atoms with E-state index in [9.17, 15) is 19.2 Å². The fourth-order valence-electron chi connectivity index (χ4n) is 3.11. The molecule has 138 valence electrons. The second kappa shape index (κ2) is 7.32. The van der Waals surface area contributed by atoms with Crippen molar-refractivity contribution < 1.29 is 24.3 Å².